The van der Waals surface area contributed by atoms with Gasteiger partial charge in [-0.25, -0.2) is 4.68 Å². The summed E-state index contributed by atoms with van der Waals surface area (Å²) in [6.07, 6.45) is 4.51. The molecule has 2 aromatic heterocycles. The zero-order valence-corrected chi connectivity index (χ0v) is 16.3. The maximum atomic E-state index is 13.0. The normalized spacial score (nSPS) is 15.8. The van der Waals surface area contributed by atoms with Crippen LogP contribution >= 0.6 is 0 Å². The van der Waals surface area contributed by atoms with Crippen LogP contribution in [0, 0.1) is 6.92 Å². The molecule has 1 amide bonds. The standard InChI is InChI=1S/C21H23N5O3/c1-15-22-20(25-29-15)21(12-6-3-7-13-21)23-19(28)17-10-11-18(27)26(24-17)14-16-8-4-2-5-9-16/h2,4-5,8-11H,3,6-7,12-14H2,1H3,(H,23,28). The first kappa shape index (κ1) is 19.0. The van der Waals surface area contributed by atoms with Crippen LogP contribution in [0.25, 0.3) is 0 Å². The second-order valence-electron chi connectivity index (χ2n) is 7.43. The third-order valence-corrected chi connectivity index (χ3v) is 5.29. The molecular formula is C21H23N5O3. The molecule has 29 heavy (non-hydrogen) atoms. The number of carbonyl (C=O) groups excluding carboxylic acids is 1. The number of aromatic nitrogens is 4. The van der Waals surface area contributed by atoms with Crippen molar-refractivity contribution in [3.63, 3.8) is 0 Å². The van der Waals surface area contributed by atoms with E-state index in [2.05, 4.69) is 20.6 Å². The van der Waals surface area contributed by atoms with Crippen molar-refractivity contribution in [2.24, 2.45) is 0 Å². The van der Waals surface area contributed by atoms with Gasteiger partial charge in [0, 0.05) is 13.0 Å². The van der Waals surface area contributed by atoms with Crippen molar-refractivity contribution in [1.82, 2.24) is 25.2 Å². The van der Waals surface area contributed by atoms with E-state index in [1.54, 1.807) is 6.92 Å². The Labute approximate surface area is 167 Å². The van der Waals surface area contributed by atoms with Crippen LogP contribution in [0.5, 0.6) is 0 Å². The van der Waals surface area contributed by atoms with Gasteiger partial charge in [-0.05, 0) is 24.5 Å². The van der Waals surface area contributed by atoms with E-state index in [9.17, 15) is 9.59 Å². The summed E-state index contributed by atoms with van der Waals surface area (Å²) >= 11 is 0. The summed E-state index contributed by atoms with van der Waals surface area (Å²) in [7, 11) is 0. The van der Waals surface area contributed by atoms with Gasteiger partial charge in [-0.1, -0.05) is 54.8 Å². The summed E-state index contributed by atoms with van der Waals surface area (Å²) < 4.78 is 6.46. The minimum absolute atomic E-state index is 0.186. The molecule has 2 heterocycles. The van der Waals surface area contributed by atoms with E-state index in [1.807, 2.05) is 30.3 Å². The van der Waals surface area contributed by atoms with Gasteiger partial charge in [0.1, 0.15) is 11.2 Å². The number of rotatable bonds is 5. The Morgan fingerprint density at radius 2 is 1.90 bits per heavy atom. The molecule has 0 aliphatic heterocycles. The number of nitrogens with zero attached hydrogens (tertiary/aromatic N) is 4. The molecule has 1 aromatic carbocycles. The zero-order chi connectivity index (χ0) is 20.3. The maximum Gasteiger partial charge on any atom is 0.272 e. The van der Waals surface area contributed by atoms with E-state index >= 15 is 0 Å². The van der Waals surface area contributed by atoms with Crippen molar-refractivity contribution in [2.45, 2.75) is 51.1 Å². The Kier molecular flexibility index (Phi) is 5.24. The smallest absolute Gasteiger partial charge is 0.272 e. The lowest BCUT2D eigenvalue weighted by atomic mass is 9.81. The predicted octanol–water partition coefficient (Wildman–Crippen LogP) is 2.57. The molecule has 0 spiro atoms. The fourth-order valence-corrected chi connectivity index (χ4v) is 3.77. The van der Waals surface area contributed by atoms with Crippen molar-refractivity contribution in [3.8, 4) is 0 Å². The van der Waals surface area contributed by atoms with Crippen molar-refractivity contribution < 1.29 is 9.32 Å². The Hall–Kier alpha value is -3.29. The van der Waals surface area contributed by atoms with Crippen LogP contribution in [0.15, 0.2) is 51.8 Å². The number of aryl methyl sites for hydroxylation is 1. The van der Waals surface area contributed by atoms with Crippen LogP contribution in [0.1, 0.15) is 59.9 Å². The van der Waals surface area contributed by atoms with Gasteiger partial charge in [0.15, 0.2) is 5.82 Å². The lowest BCUT2D eigenvalue weighted by Crippen LogP contribution is -2.48. The van der Waals surface area contributed by atoms with Gasteiger partial charge in [0.05, 0.1) is 6.54 Å². The first-order valence-electron chi connectivity index (χ1n) is 9.81. The number of benzene rings is 1. The molecule has 4 rings (SSSR count). The quantitative estimate of drug-likeness (QED) is 0.715. The van der Waals surface area contributed by atoms with Crippen molar-refractivity contribution in [3.05, 3.63) is 75.8 Å². The average molecular weight is 393 g/mol. The molecule has 0 saturated heterocycles. The predicted molar refractivity (Wildman–Crippen MR) is 105 cm³/mol. The van der Waals surface area contributed by atoms with Crippen LogP contribution in [0.2, 0.25) is 0 Å². The molecule has 8 heteroatoms. The highest BCUT2D eigenvalue weighted by molar-refractivity contribution is 5.92. The molecule has 1 fully saturated rings. The second kappa shape index (κ2) is 7.98. The summed E-state index contributed by atoms with van der Waals surface area (Å²) in [5.41, 5.74) is 0.192. The van der Waals surface area contributed by atoms with Gasteiger partial charge in [-0.3, -0.25) is 9.59 Å². The molecule has 150 valence electrons. The molecule has 1 N–H and O–H groups in total. The monoisotopic (exact) mass is 393 g/mol. The molecule has 0 unspecified atom stereocenters. The highest BCUT2D eigenvalue weighted by atomic mass is 16.5. The summed E-state index contributed by atoms with van der Waals surface area (Å²) in [6, 6.07) is 12.4. The largest absolute Gasteiger partial charge is 0.340 e. The number of hydrogen-bond donors (Lipinski definition) is 1. The van der Waals surface area contributed by atoms with Crippen molar-refractivity contribution in [1.29, 1.82) is 0 Å². The molecule has 1 aliphatic rings. The number of nitrogens with one attached hydrogen (secondary N) is 1. The molecular weight excluding hydrogens is 370 g/mol. The summed E-state index contributed by atoms with van der Waals surface area (Å²) in [6.45, 7) is 2.03. The third kappa shape index (κ3) is 4.11. The van der Waals surface area contributed by atoms with Gasteiger partial charge >= 0.3 is 0 Å². The number of hydrogen-bond acceptors (Lipinski definition) is 6. The van der Waals surface area contributed by atoms with Crippen LogP contribution in [0.4, 0.5) is 0 Å². The Bertz CT molecular complexity index is 1050. The van der Waals surface area contributed by atoms with Crippen LogP contribution < -0.4 is 10.9 Å². The number of carbonyl (C=O) groups is 1. The van der Waals surface area contributed by atoms with E-state index in [1.165, 1.54) is 16.8 Å². The lowest BCUT2D eigenvalue weighted by molar-refractivity contribution is 0.0847. The number of amides is 1. The fourth-order valence-electron chi connectivity index (χ4n) is 3.77. The van der Waals surface area contributed by atoms with Gasteiger partial charge < -0.3 is 9.84 Å². The second-order valence-corrected chi connectivity index (χ2v) is 7.43. The van der Waals surface area contributed by atoms with E-state index < -0.39 is 5.54 Å². The molecule has 8 nitrogen and oxygen atoms in total. The Balaban J connectivity index is 1.60. The Morgan fingerprint density at radius 1 is 1.14 bits per heavy atom. The first-order chi connectivity index (χ1) is 14.1. The maximum absolute atomic E-state index is 13.0. The SMILES string of the molecule is Cc1nc(C2(NC(=O)c3ccc(=O)n(Cc4ccccc4)n3)CCCCC2)no1. The molecule has 1 saturated carbocycles. The summed E-state index contributed by atoms with van der Waals surface area (Å²) in [5, 5.41) is 11.4. The van der Waals surface area contributed by atoms with Gasteiger partial charge in [0.25, 0.3) is 11.5 Å². The van der Waals surface area contributed by atoms with Crippen LogP contribution in [-0.4, -0.2) is 25.8 Å². The lowest BCUT2D eigenvalue weighted by Gasteiger charge is -2.35. The third-order valence-electron chi connectivity index (χ3n) is 5.29. The van der Waals surface area contributed by atoms with Crippen LogP contribution in [-0.2, 0) is 12.1 Å². The van der Waals surface area contributed by atoms with E-state index in [-0.39, 0.29) is 17.2 Å². The minimum Gasteiger partial charge on any atom is -0.340 e. The van der Waals surface area contributed by atoms with Crippen molar-refractivity contribution in [2.75, 3.05) is 0 Å². The van der Waals surface area contributed by atoms with Gasteiger partial charge in [-0.2, -0.15) is 10.1 Å². The molecule has 0 atom stereocenters. The highest BCUT2D eigenvalue weighted by Crippen LogP contribution is 2.35. The van der Waals surface area contributed by atoms with E-state index in [0.29, 0.717) is 18.3 Å². The topological polar surface area (TPSA) is 103 Å². The summed E-state index contributed by atoms with van der Waals surface area (Å²) in [4.78, 5) is 29.6. The minimum atomic E-state index is -0.671. The molecule has 1 aliphatic carbocycles. The van der Waals surface area contributed by atoms with Gasteiger partial charge in [0.2, 0.25) is 5.89 Å². The molecule has 3 aromatic rings. The molecule has 0 radical (unpaired) electrons. The zero-order valence-electron chi connectivity index (χ0n) is 16.3. The summed E-state index contributed by atoms with van der Waals surface area (Å²) in [5.74, 6) is 0.616. The highest BCUT2D eigenvalue weighted by Gasteiger charge is 2.40. The average Bonchev–Trinajstić information content (AvgIpc) is 3.18. The van der Waals surface area contributed by atoms with Crippen molar-refractivity contribution >= 4 is 5.91 Å². The Morgan fingerprint density at radius 3 is 2.59 bits per heavy atom. The first-order valence-corrected chi connectivity index (χ1v) is 9.81. The van der Waals surface area contributed by atoms with Crippen LogP contribution in [0.3, 0.4) is 0 Å². The van der Waals surface area contributed by atoms with E-state index in [0.717, 1.165) is 37.7 Å². The molecule has 0 bridgehead atoms. The van der Waals surface area contributed by atoms with Gasteiger partial charge in [-0.15, -0.1) is 0 Å². The fraction of sp³-hybridized carbons (Fsp3) is 0.381. The van der Waals surface area contributed by atoms with E-state index in [4.69, 9.17) is 4.52 Å².